The van der Waals surface area contributed by atoms with Crippen LogP contribution in [0, 0.1) is 5.92 Å². The van der Waals surface area contributed by atoms with E-state index >= 15 is 0 Å². The van der Waals surface area contributed by atoms with Crippen LogP contribution in [-0.2, 0) is 0 Å². The van der Waals surface area contributed by atoms with Crippen LogP contribution >= 0.6 is 15.9 Å². The zero-order chi connectivity index (χ0) is 12.0. The number of amides is 1. The van der Waals surface area contributed by atoms with Crippen LogP contribution in [0.2, 0.25) is 0 Å². The fourth-order valence-corrected chi connectivity index (χ4v) is 3.48. The first-order valence-corrected chi connectivity index (χ1v) is 6.81. The smallest absolute Gasteiger partial charge is 0.255 e. The van der Waals surface area contributed by atoms with Gasteiger partial charge in [0, 0.05) is 18.3 Å². The number of rotatable bonds is 1. The minimum absolute atomic E-state index is 0.122. The lowest BCUT2D eigenvalue weighted by atomic mass is 10.1. The van der Waals surface area contributed by atoms with Crippen molar-refractivity contribution in [2.45, 2.75) is 25.3 Å². The van der Waals surface area contributed by atoms with Crippen LogP contribution in [0.1, 0.15) is 29.6 Å². The average Bonchev–Trinajstić information content (AvgIpc) is 2.94. The highest BCUT2D eigenvalue weighted by Crippen LogP contribution is 2.39. The molecule has 1 heterocycles. The molecular formula is C13H15BrN2O. The third-order valence-corrected chi connectivity index (χ3v) is 4.81. The topological polar surface area (TPSA) is 46.3 Å². The number of carbonyl (C=O) groups is 1. The maximum Gasteiger partial charge on any atom is 0.255 e. The van der Waals surface area contributed by atoms with Crippen molar-refractivity contribution in [1.29, 1.82) is 0 Å². The number of halogens is 1. The molecule has 2 N–H and O–H groups in total. The molecule has 4 heteroatoms. The maximum atomic E-state index is 12.5. The van der Waals surface area contributed by atoms with Crippen LogP contribution in [0.15, 0.2) is 22.7 Å². The largest absolute Gasteiger partial charge is 0.398 e. The van der Waals surface area contributed by atoms with E-state index in [1.165, 1.54) is 12.8 Å². The lowest BCUT2D eigenvalue weighted by molar-refractivity contribution is 0.0703. The Kier molecular flexibility index (Phi) is 2.62. The second-order valence-electron chi connectivity index (χ2n) is 5.00. The van der Waals surface area contributed by atoms with E-state index in [-0.39, 0.29) is 5.91 Å². The Labute approximate surface area is 109 Å². The molecule has 17 heavy (non-hydrogen) atoms. The molecule has 2 aliphatic rings. The number of nitrogens with zero attached hydrogens (tertiary/aromatic N) is 1. The van der Waals surface area contributed by atoms with Crippen molar-refractivity contribution in [1.82, 2.24) is 4.90 Å². The van der Waals surface area contributed by atoms with Gasteiger partial charge in [-0.05, 0) is 53.2 Å². The van der Waals surface area contributed by atoms with Crippen LogP contribution in [-0.4, -0.2) is 23.4 Å². The maximum absolute atomic E-state index is 12.5. The minimum atomic E-state index is 0.122. The Hall–Kier alpha value is -1.03. The van der Waals surface area contributed by atoms with Crippen molar-refractivity contribution < 1.29 is 4.79 Å². The molecule has 1 aromatic carbocycles. The Morgan fingerprint density at radius 3 is 2.88 bits per heavy atom. The number of hydrogen-bond acceptors (Lipinski definition) is 2. The van der Waals surface area contributed by atoms with E-state index in [0.717, 1.165) is 23.4 Å². The summed E-state index contributed by atoms with van der Waals surface area (Å²) in [6, 6.07) is 5.94. The van der Waals surface area contributed by atoms with Gasteiger partial charge in [0.05, 0.1) is 10.0 Å². The summed E-state index contributed by atoms with van der Waals surface area (Å²) in [6.45, 7) is 0.921. The van der Waals surface area contributed by atoms with Gasteiger partial charge in [-0.25, -0.2) is 0 Å². The molecular weight excluding hydrogens is 280 g/mol. The molecule has 2 fully saturated rings. The van der Waals surface area contributed by atoms with Gasteiger partial charge in [0.25, 0.3) is 5.91 Å². The van der Waals surface area contributed by atoms with Crippen molar-refractivity contribution in [3.05, 3.63) is 28.2 Å². The van der Waals surface area contributed by atoms with Gasteiger partial charge in [-0.3, -0.25) is 4.79 Å². The third-order valence-electron chi connectivity index (χ3n) is 3.93. The number of hydrogen-bond donors (Lipinski definition) is 1. The Bertz CT molecular complexity index is 474. The van der Waals surface area contributed by atoms with E-state index in [1.54, 1.807) is 6.07 Å². The van der Waals surface area contributed by atoms with E-state index in [4.69, 9.17) is 5.73 Å². The van der Waals surface area contributed by atoms with Crippen molar-refractivity contribution in [2.24, 2.45) is 5.92 Å². The summed E-state index contributed by atoms with van der Waals surface area (Å²) in [5, 5.41) is 0. The summed E-state index contributed by atoms with van der Waals surface area (Å²) in [7, 11) is 0. The van der Waals surface area contributed by atoms with Gasteiger partial charge in [-0.1, -0.05) is 6.07 Å². The van der Waals surface area contributed by atoms with E-state index in [1.807, 2.05) is 17.0 Å². The second-order valence-corrected chi connectivity index (χ2v) is 5.79. The average molecular weight is 295 g/mol. The van der Waals surface area contributed by atoms with Crippen LogP contribution in [0.4, 0.5) is 5.69 Å². The summed E-state index contributed by atoms with van der Waals surface area (Å²) >= 11 is 3.41. The fraction of sp³-hybridized carbons (Fsp3) is 0.462. The molecule has 1 amide bonds. The van der Waals surface area contributed by atoms with Gasteiger partial charge in [0.15, 0.2) is 0 Å². The van der Waals surface area contributed by atoms with Gasteiger partial charge >= 0.3 is 0 Å². The number of nitrogen functional groups attached to an aromatic ring is 1. The molecule has 2 atom stereocenters. The quantitative estimate of drug-likeness (QED) is 0.810. The summed E-state index contributed by atoms with van der Waals surface area (Å²) in [5.74, 6) is 0.847. The van der Waals surface area contributed by atoms with Gasteiger partial charge in [-0.15, -0.1) is 0 Å². The molecule has 1 saturated heterocycles. The van der Waals surface area contributed by atoms with Gasteiger partial charge < -0.3 is 10.6 Å². The van der Waals surface area contributed by atoms with Crippen LogP contribution in [0.5, 0.6) is 0 Å². The number of benzene rings is 1. The molecule has 3 rings (SSSR count). The third kappa shape index (κ3) is 1.75. The van der Waals surface area contributed by atoms with Crippen molar-refractivity contribution >= 4 is 27.5 Å². The number of piperidine rings is 1. The first-order chi connectivity index (χ1) is 8.16. The summed E-state index contributed by atoms with van der Waals surface area (Å²) < 4.78 is 0.729. The highest BCUT2D eigenvalue weighted by Gasteiger charge is 2.40. The van der Waals surface area contributed by atoms with E-state index in [2.05, 4.69) is 15.9 Å². The number of anilines is 1. The molecule has 2 bridgehead atoms. The standard InChI is InChI=1S/C13H15BrN2O/c14-12-10(2-1-3-11(12)15)13(17)16-7-8-4-5-9(16)6-8/h1-3,8-9H,4-7,15H2. The van der Waals surface area contributed by atoms with Crippen molar-refractivity contribution in [3.63, 3.8) is 0 Å². The number of nitrogens with two attached hydrogens (primary N) is 1. The predicted molar refractivity (Wildman–Crippen MR) is 70.7 cm³/mol. The number of fused-ring (bicyclic) bond motifs is 2. The number of likely N-dealkylation sites (tertiary alicyclic amines) is 1. The fourth-order valence-electron chi connectivity index (χ4n) is 3.04. The molecule has 1 aromatic rings. The Morgan fingerprint density at radius 2 is 2.24 bits per heavy atom. The predicted octanol–water partition coefficient (Wildman–Crippen LogP) is 2.66. The molecule has 3 nitrogen and oxygen atoms in total. The summed E-state index contributed by atoms with van der Waals surface area (Å²) in [6.07, 6.45) is 3.63. The van der Waals surface area contributed by atoms with Gasteiger partial charge in [0.2, 0.25) is 0 Å². The van der Waals surface area contributed by atoms with Crippen LogP contribution < -0.4 is 5.73 Å². The monoisotopic (exact) mass is 294 g/mol. The Balaban J connectivity index is 1.89. The molecule has 2 unspecified atom stereocenters. The summed E-state index contributed by atoms with van der Waals surface area (Å²) in [5.41, 5.74) is 7.13. The molecule has 90 valence electrons. The second kappa shape index (κ2) is 4.02. The molecule has 0 aromatic heterocycles. The molecule has 0 radical (unpaired) electrons. The minimum Gasteiger partial charge on any atom is -0.398 e. The van der Waals surface area contributed by atoms with Crippen molar-refractivity contribution in [3.8, 4) is 0 Å². The van der Waals surface area contributed by atoms with Crippen molar-refractivity contribution in [2.75, 3.05) is 12.3 Å². The zero-order valence-electron chi connectivity index (χ0n) is 9.53. The number of carbonyl (C=O) groups excluding carboxylic acids is 1. The van der Waals surface area contributed by atoms with Gasteiger partial charge in [0.1, 0.15) is 0 Å². The lowest BCUT2D eigenvalue weighted by Gasteiger charge is -2.27. The normalized spacial score (nSPS) is 26.5. The molecule has 1 aliphatic heterocycles. The molecule has 0 spiro atoms. The van der Waals surface area contributed by atoms with Crippen LogP contribution in [0.3, 0.4) is 0 Å². The first-order valence-electron chi connectivity index (χ1n) is 6.02. The highest BCUT2D eigenvalue weighted by atomic mass is 79.9. The summed E-state index contributed by atoms with van der Waals surface area (Å²) in [4.78, 5) is 14.5. The van der Waals surface area contributed by atoms with E-state index in [9.17, 15) is 4.79 Å². The zero-order valence-corrected chi connectivity index (χ0v) is 11.1. The van der Waals surface area contributed by atoms with Crippen LogP contribution in [0.25, 0.3) is 0 Å². The van der Waals surface area contributed by atoms with E-state index < -0.39 is 0 Å². The van der Waals surface area contributed by atoms with E-state index in [0.29, 0.717) is 17.3 Å². The molecule has 1 aliphatic carbocycles. The molecule has 1 saturated carbocycles. The Morgan fingerprint density at radius 1 is 1.41 bits per heavy atom. The van der Waals surface area contributed by atoms with Gasteiger partial charge in [-0.2, -0.15) is 0 Å². The highest BCUT2D eigenvalue weighted by molar-refractivity contribution is 9.10. The first kappa shape index (κ1) is 11.1. The lowest BCUT2D eigenvalue weighted by Crippen LogP contribution is -2.37. The SMILES string of the molecule is Nc1cccc(C(=O)N2CC3CCC2C3)c1Br.